The molecule has 0 radical (unpaired) electrons. The zero-order valence-electron chi connectivity index (χ0n) is 12.7. The number of rotatable bonds is 9. The predicted molar refractivity (Wildman–Crippen MR) is 77.4 cm³/mol. The Morgan fingerprint density at radius 2 is 1.83 bits per heavy atom. The van der Waals surface area contributed by atoms with E-state index in [2.05, 4.69) is 45.0 Å². The third-order valence-corrected chi connectivity index (χ3v) is 3.18. The van der Waals surface area contributed by atoms with Gasteiger partial charge in [-0.15, -0.1) is 0 Å². The molecule has 0 heterocycles. The molecule has 0 saturated carbocycles. The molecule has 0 aliphatic heterocycles. The number of unbranched alkanes of at least 4 members (excludes halogenated alkanes) is 1. The molecule has 4 nitrogen and oxygen atoms in total. The minimum atomic E-state index is -0.358. The molecule has 18 heavy (non-hydrogen) atoms. The van der Waals surface area contributed by atoms with Crippen molar-refractivity contribution in [3.8, 4) is 0 Å². The van der Waals surface area contributed by atoms with E-state index in [1.165, 1.54) is 0 Å². The highest BCUT2D eigenvalue weighted by atomic mass is 16.2. The number of nitrogens with one attached hydrogen (secondary N) is 1. The molecule has 0 fully saturated rings. The fourth-order valence-electron chi connectivity index (χ4n) is 1.70. The van der Waals surface area contributed by atoms with E-state index in [4.69, 9.17) is 5.73 Å². The van der Waals surface area contributed by atoms with Gasteiger partial charge in [-0.2, -0.15) is 0 Å². The standard InChI is InChI=1S/C14H31N3O/c1-11(2)10-13(15)14(18)16-8-6-7-9-17(5)12(3)4/h11-13H,6-10,15H2,1-5H3,(H,16,18)/t13-/m1/s1. The van der Waals surface area contributed by atoms with Gasteiger partial charge in [0, 0.05) is 12.6 Å². The maximum absolute atomic E-state index is 11.6. The van der Waals surface area contributed by atoms with Gasteiger partial charge < -0.3 is 16.0 Å². The second-order valence-corrected chi connectivity index (χ2v) is 5.81. The fraction of sp³-hybridized carbons (Fsp3) is 0.929. The van der Waals surface area contributed by atoms with E-state index in [1.54, 1.807) is 0 Å². The summed E-state index contributed by atoms with van der Waals surface area (Å²) in [7, 11) is 2.13. The van der Waals surface area contributed by atoms with Crippen LogP contribution in [0.4, 0.5) is 0 Å². The summed E-state index contributed by atoms with van der Waals surface area (Å²) in [5, 5.41) is 2.91. The molecule has 0 aliphatic carbocycles. The summed E-state index contributed by atoms with van der Waals surface area (Å²) in [6, 6.07) is 0.224. The van der Waals surface area contributed by atoms with E-state index in [-0.39, 0.29) is 11.9 Å². The molecule has 0 aromatic carbocycles. The van der Waals surface area contributed by atoms with Crippen molar-refractivity contribution < 1.29 is 4.79 Å². The molecule has 0 aliphatic rings. The maximum Gasteiger partial charge on any atom is 0.236 e. The van der Waals surface area contributed by atoms with Crippen LogP contribution in [0.25, 0.3) is 0 Å². The van der Waals surface area contributed by atoms with Crippen LogP contribution >= 0.6 is 0 Å². The Balaban J connectivity index is 3.57. The van der Waals surface area contributed by atoms with E-state index in [1.807, 2.05) is 0 Å². The molecule has 0 bridgehead atoms. The summed E-state index contributed by atoms with van der Waals surface area (Å²) in [5.74, 6) is 0.450. The third-order valence-electron chi connectivity index (χ3n) is 3.18. The lowest BCUT2D eigenvalue weighted by atomic mass is 10.0. The molecular formula is C14H31N3O. The van der Waals surface area contributed by atoms with Crippen LogP contribution in [0.3, 0.4) is 0 Å². The molecule has 0 saturated heterocycles. The lowest BCUT2D eigenvalue weighted by Crippen LogP contribution is -2.41. The van der Waals surface area contributed by atoms with Crippen LogP contribution in [0.2, 0.25) is 0 Å². The Bertz CT molecular complexity index is 229. The topological polar surface area (TPSA) is 58.4 Å². The Kier molecular flexibility index (Phi) is 9.02. The molecule has 0 spiro atoms. The van der Waals surface area contributed by atoms with Gasteiger partial charge in [-0.05, 0) is 52.6 Å². The van der Waals surface area contributed by atoms with Gasteiger partial charge in [0.2, 0.25) is 5.91 Å². The molecular weight excluding hydrogens is 226 g/mol. The van der Waals surface area contributed by atoms with Crippen molar-refractivity contribution in [2.75, 3.05) is 20.1 Å². The first-order valence-electron chi connectivity index (χ1n) is 7.08. The number of carbonyl (C=O) groups excluding carboxylic acids is 1. The largest absolute Gasteiger partial charge is 0.355 e. The van der Waals surface area contributed by atoms with E-state index in [0.717, 1.165) is 32.4 Å². The average Bonchev–Trinajstić information content (AvgIpc) is 2.26. The molecule has 4 heteroatoms. The van der Waals surface area contributed by atoms with Gasteiger partial charge in [-0.1, -0.05) is 13.8 Å². The normalized spacial score (nSPS) is 13.4. The van der Waals surface area contributed by atoms with Crippen molar-refractivity contribution in [2.24, 2.45) is 11.7 Å². The van der Waals surface area contributed by atoms with Gasteiger partial charge in [0.1, 0.15) is 0 Å². The number of nitrogens with zero attached hydrogens (tertiary/aromatic N) is 1. The maximum atomic E-state index is 11.6. The predicted octanol–water partition coefficient (Wildman–Crippen LogP) is 1.60. The Morgan fingerprint density at radius 3 is 2.33 bits per heavy atom. The number of hydrogen-bond acceptors (Lipinski definition) is 3. The fourth-order valence-corrected chi connectivity index (χ4v) is 1.70. The quantitative estimate of drug-likeness (QED) is 0.617. The van der Waals surface area contributed by atoms with Gasteiger partial charge in [0.15, 0.2) is 0 Å². The van der Waals surface area contributed by atoms with Crippen molar-refractivity contribution in [3.63, 3.8) is 0 Å². The zero-order chi connectivity index (χ0) is 14.1. The first-order chi connectivity index (χ1) is 8.34. The lowest BCUT2D eigenvalue weighted by molar-refractivity contribution is -0.122. The third kappa shape index (κ3) is 8.48. The summed E-state index contributed by atoms with van der Waals surface area (Å²) in [5.41, 5.74) is 5.80. The highest BCUT2D eigenvalue weighted by Gasteiger charge is 2.13. The van der Waals surface area contributed by atoms with Crippen LogP contribution in [-0.2, 0) is 4.79 Å². The molecule has 3 N–H and O–H groups in total. The minimum Gasteiger partial charge on any atom is -0.355 e. The van der Waals surface area contributed by atoms with Crippen LogP contribution in [0.5, 0.6) is 0 Å². The molecule has 0 aromatic rings. The molecule has 0 rings (SSSR count). The van der Waals surface area contributed by atoms with Crippen LogP contribution in [0.1, 0.15) is 47.0 Å². The molecule has 1 amide bonds. The number of amides is 1. The van der Waals surface area contributed by atoms with Crippen molar-refractivity contribution in [3.05, 3.63) is 0 Å². The smallest absolute Gasteiger partial charge is 0.236 e. The Labute approximate surface area is 112 Å². The lowest BCUT2D eigenvalue weighted by Gasteiger charge is -2.20. The summed E-state index contributed by atoms with van der Waals surface area (Å²) in [6.07, 6.45) is 2.87. The second-order valence-electron chi connectivity index (χ2n) is 5.81. The summed E-state index contributed by atoms with van der Waals surface area (Å²) >= 11 is 0. The SMILES string of the molecule is CC(C)C[C@@H](N)C(=O)NCCCCN(C)C(C)C. The summed E-state index contributed by atoms with van der Waals surface area (Å²) in [6.45, 7) is 10.3. The van der Waals surface area contributed by atoms with E-state index in [9.17, 15) is 4.79 Å². The minimum absolute atomic E-state index is 0.0130. The number of carbonyl (C=O) groups is 1. The zero-order valence-corrected chi connectivity index (χ0v) is 12.7. The first kappa shape index (κ1) is 17.4. The van der Waals surface area contributed by atoms with Crippen LogP contribution in [0, 0.1) is 5.92 Å². The van der Waals surface area contributed by atoms with E-state index < -0.39 is 0 Å². The van der Waals surface area contributed by atoms with Crippen molar-refractivity contribution in [1.29, 1.82) is 0 Å². The highest BCUT2D eigenvalue weighted by molar-refractivity contribution is 5.81. The number of nitrogens with two attached hydrogens (primary N) is 1. The van der Waals surface area contributed by atoms with E-state index >= 15 is 0 Å². The van der Waals surface area contributed by atoms with Crippen molar-refractivity contribution >= 4 is 5.91 Å². The summed E-state index contributed by atoms with van der Waals surface area (Å²) in [4.78, 5) is 13.9. The van der Waals surface area contributed by atoms with Gasteiger partial charge in [0.05, 0.1) is 6.04 Å². The number of hydrogen-bond donors (Lipinski definition) is 2. The van der Waals surface area contributed by atoms with Crippen LogP contribution < -0.4 is 11.1 Å². The van der Waals surface area contributed by atoms with Gasteiger partial charge in [0.25, 0.3) is 0 Å². The highest BCUT2D eigenvalue weighted by Crippen LogP contribution is 2.02. The molecule has 108 valence electrons. The first-order valence-corrected chi connectivity index (χ1v) is 7.08. The van der Waals surface area contributed by atoms with Crippen LogP contribution in [-0.4, -0.2) is 43.0 Å². The second kappa shape index (κ2) is 9.34. The average molecular weight is 257 g/mol. The van der Waals surface area contributed by atoms with Crippen molar-refractivity contribution in [2.45, 2.75) is 59.0 Å². The van der Waals surface area contributed by atoms with Gasteiger partial charge in [-0.3, -0.25) is 4.79 Å². The van der Waals surface area contributed by atoms with E-state index in [0.29, 0.717) is 12.0 Å². The molecule has 0 aromatic heterocycles. The molecule has 0 unspecified atom stereocenters. The monoisotopic (exact) mass is 257 g/mol. The van der Waals surface area contributed by atoms with Crippen molar-refractivity contribution in [1.82, 2.24) is 10.2 Å². The summed E-state index contributed by atoms with van der Waals surface area (Å²) < 4.78 is 0. The van der Waals surface area contributed by atoms with Gasteiger partial charge >= 0.3 is 0 Å². The van der Waals surface area contributed by atoms with Gasteiger partial charge in [-0.25, -0.2) is 0 Å². The van der Waals surface area contributed by atoms with Crippen LogP contribution in [0.15, 0.2) is 0 Å². The Morgan fingerprint density at radius 1 is 1.22 bits per heavy atom. The Hall–Kier alpha value is -0.610. The molecule has 1 atom stereocenters.